The molecule has 12 heteroatoms. The zero-order valence-electron chi connectivity index (χ0n) is 24.8. The van der Waals surface area contributed by atoms with E-state index in [0.29, 0.717) is 48.2 Å². The van der Waals surface area contributed by atoms with Crippen molar-refractivity contribution >= 4 is 53.0 Å². The second-order valence-corrected chi connectivity index (χ2v) is 17.0. The Morgan fingerprint density at radius 2 is 1.27 bits per heavy atom. The minimum Gasteiger partial charge on any atom is -0.291 e. The number of hydrogen-bond acceptors (Lipinski definition) is 8. The van der Waals surface area contributed by atoms with Crippen molar-refractivity contribution in [3.63, 3.8) is 0 Å². The summed E-state index contributed by atoms with van der Waals surface area (Å²) in [5.41, 5.74) is 2.41. The highest BCUT2D eigenvalue weighted by atomic mass is 32.2. The fourth-order valence-corrected chi connectivity index (χ4v) is 12.0. The molecule has 2 aliphatic heterocycles. The SMILES string of the molecule is O=Nc1c2cc(S(=O)(=O)N3CCC4CCCCC4C3)ccc2c(NO)c2ccc(S(=O)(=O)N3CCCC4CCCCC43)cc12. The molecular formula is C32H40N4O6S2. The summed E-state index contributed by atoms with van der Waals surface area (Å²) in [6.07, 6.45) is 11.2. The lowest BCUT2D eigenvalue weighted by atomic mass is 9.76. The largest absolute Gasteiger partial charge is 0.291 e. The van der Waals surface area contributed by atoms with Gasteiger partial charge in [-0.25, -0.2) is 16.8 Å². The number of fused-ring (bicyclic) bond motifs is 4. The second kappa shape index (κ2) is 11.6. The summed E-state index contributed by atoms with van der Waals surface area (Å²) in [5.74, 6) is 1.29. The molecule has 0 amide bonds. The maximum atomic E-state index is 14.0. The first-order chi connectivity index (χ1) is 21.2. The normalized spacial score (nSPS) is 27.1. The summed E-state index contributed by atoms with van der Waals surface area (Å²) < 4.78 is 59.0. The third-order valence-corrected chi connectivity index (χ3v) is 14.7. The third kappa shape index (κ3) is 4.93. The number of nitrogens with one attached hydrogen (secondary N) is 1. The molecule has 2 saturated heterocycles. The number of nitroso groups, excluding NO2 is 1. The van der Waals surface area contributed by atoms with Crippen molar-refractivity contribution < 1.29 is 22.0 Å². The Balaban J connectivity index is 1.32. The fraction of sp³-hybridized carbons (Fsp3) is 0.562. The Hall–Kier alpha value is -2.64. The average Bonchev–Trinajstić information content (AvgIpc) is 3.06. The fourth-order valence-electron chi connectivity index (χ4n) is 8.65. The second-order valence-electron chi connectivity index (χ2n) is 13.2. The number of sulfonamides is 2. The Labute approximate surface area is 258 Å². The highest BCUT2D eigenvalue weighted by molar-refractivity contribution is 7.89. The minimum atomic E-state index is -3.87. The highest BCUT2D eigenvalue weighted by Gasteiger charge is 2.40. The molecule has 4 atom stereocenters. The van der Waals surface area contributed by atoms with E-state index in [0.717, 1.165) is 64.2 Å². The van der Waals surface area contributed by atoms with Crippen LogP contribution in [0.4, 0.5) is 11.4 Å². The van der Waals surface area contributed by atoms with Crippen molar-refractivity contribution in [1.82, 2.24) is 8.61 Å². The lowest BCUT2D eigenvalue weighted by Crippen LogP contribution is -2.49. The van der Waals surface area contributed by atoms with E-state index in [9.17, 15) is 26.9 Å². The van der Waals surface area contributed by atoms with Gasteiger partial charge >= 0.3 is 0 Å². The van der Waals surface area contributed by atoms with Crippen LogP contribution in [-0.2, 0) is 20.0 Å². The molecule has 236 valence electrons. The number of nitrogens with zero attached hydrogens (tertiary/aromatic N) is 3. The Bertz CT molecular complexity index is 1830. The monoisotopic (exact) mass is 640 g/mol. The van der Waals surface area contributed by atoms with Crippen LogP contribution >= 0.6 is 0 Å². The van der Waals surface area contributed by atoms with Crippen LogP contribution in [0.25, 0.3) is 21.5 Å². The molecule has 0 radical (unpaired) electrons. The van der Waals surface area contributed by atoms with E-state index in [4.69, 9.17) is 0 Å². The van der Waals surface area contributed by atoms with Crippen LogP contribution in [0.3, 0.4) is 0 Å². The van der Waals surface area contributed by atoms with Gasteiger partial charge in [0.15, 0.2) is 0 Å². The molecule has 0 spiro atoms. The Kier molecular flexibility index (Phi) is 7.93. The molecule has 0 bridgehead atoms. The van der Waals surface area contributed by atoms with Gasteiger partial charge in [0.2, 0.25) is 20.0 Å². The van der Waals surface area contributed by atoms with E-state index in [1.165, 1.54) is 30.7 Å². The van der Waals surface area contributed by atoms with Crippen LogP contribution in [0, 0.1) is 22.7 Å². The van der Waals surface area contributed by atoms with Gasteiger partial charge in [0.1, 0.15) is 5.69 Å². The summed E-state index contributed by atoms with van der Waals surface area (Å²) in [4.78, 5) is 12.6. The summed E-state index contributed by atoms with van der Waals surface area (Å²) >= 11 is 0. The molecule has 0 aromatic heterocycles. The molecule has 2 heterocycles. The molecule has 7 rings (SSSR count). The van der Waals surface area contributed by atoms with Gasteiger partial charge in [-0.3, -0.25) is 10.7 Å². The van der Waals surface area contributed by atoms with Gasteiger partial charge in [0.05, 0.1) is 15.5 Å². The predicted octanol–water partition coefficient (Wildman–Crippen LogP) is 6.74. The molecule has 3 aromatic rings. The van der Waals surface area contributed by atoms with Crippen LogP contribution in [0.2, 0.25) is 0 Å². The molecule has 2 N–H and O–H groups in total. The lowest BCUT2D eigenvalue weighted by Gasteiger charge is -2.43. The van der Waals surface area contributed by atoms with Crippen LogP contribution in [0.15, 0.2) is 51.4 Å². The van der Waals surface area contributed by atoms with Gasteiger partial charge < -0.3 is 0 Å². The zero-order valence-corrected chi connectivity index (χ0v) is 26.5. The summed E-state index contributed by atoms with van der Waals surface area (Å²) in [6.45, 7) is 1.41. The molecule has 4 unspecified atom stereocenters. The maximum Gasteiger partial charge on any atom is 0.243 e. The summed E-state index contributed by atoms with van der Waals surface area (Å²) in [6, 6.07) is 9.02. The molecule has 3 aromatic carbocycles. The van der Waals surface area contributed by atoms with E-state index < -0.39 is 20.0 Å². The Morgan fingerprint density at radius 3 is 1.93 bits per heavy atom. The number of benzene rings is 3. The lowest BCUT2D eigenvalue weighted by molar-refractivity contribution is 0.129. The van der Waals surface area contributed by atoms with Gasteiger partial charge in [-0.05, 0) is 85.7 Å². The van der Waals surface area contributed by atoms with Crippen molar-refractivity contribution in [2.24, 2.45) is 22.9 Å². The molecule has 10 nitrogen and oxygen atoms in total. The first-order valence-corrected chi connectivity index (χ1v) is 18.9. The maximum absolute atomic E-state index is 14.0. The number of hydrogen-bond donors (Lipinski definition) is 2. The molecule has 2 saturated carbocycles. The summed E-state index contributed by atoms with van der Waals surface area (Å²) in [7, 11) is -7.73. The van der Waals surface area contributed by atoms with E-state index in [2.05, 4.69) is 10.7 Å². The topological polar surface area (TPSA) is 136 Å². The number of rotatable bonds is 6. The molecule has 2 aliphatic carbocycles. The minimum absolute atomic E-state index is 0.0282. The van der Waals surface area contributed by atoms with Crippen molar-refractivity contribution in [2.75, 3.05) is 25.1 Å². The van der Waals surface area contributed by atoms with Gasteiger partial charge in [-0.15, -0.1) is 4.91 Å². The first-order valence-electron chi connectivity index (χ1n) is 16.0. The number of piperidine rings is 2. The molecule has 4 fully saturated rings. The average molecular weight is 641 g/mol. The van der Waals surface area contributed by atoms with E-state index in [1.807, 2.05) is 0 Å². The third-order valence-electron chi connectivity index (χ3n) is 10.9. The van der Waals surface area contributed by atoms with E-state index in [1.54, 1.807) is 20.7 Å². The zero-order chi connectivity index (χ0) is 30.6. The first kappa shape index (κ1) is 30.0. The van der Waals surface area contributed by atoms with Crippen LogP contribution in [-0.4, -0.2) is 56.3 Å². The van der Waals surface area contributed by atoms with Crippen LogP contribution < -0.4 is 5.48 Å². The van der Waals surface area contributed by atoms with Crippen LogP contribution in [0.5, 0.6) is 0 Å². The quantitative estimate of drug-likeness (QED) is 0.173. The Morgan fingerprint density at radius 1 is 0.682 bits per heavy atom. The molecule has 4 aliphatic rings. The van der Waals surface area contributed by atoms with Crippen molar-refractivity contribution in [1.29, 1.82) is 0 Å². The summed E-state index contributed by atoms with van der Waals surface area (Å²) in [5, 5.41) is 14.8. The van der Waals surface area contributed by atoms with Gasteiger partial charge in [0, 0.05) is 47.2 Å². The van der Waals surface area contributed by atoms with E-state index >= 15 is 0 Å². The standard InChI is InChI=1S/C32H40N4O6S2/c37-33-31-26-13-11-24(43(39,40)35-17-15-21-6-1-2-8-23(21)20-35)18-28(26)32(34-38)29-19-25(12-14-27(29)31)44(41,42)36-16-5-9-22-7-3-4-10-30(22)36/h11-14,18-19,21-23,30,33,37H,1-10,15-17,20H2. The highest BCUT2D eigenvalue weighted by Crippen LogP contribution is 2.45. The molecular weight excluding hydrogens is 601 g/mol. The predicted molar refractivity (Wildman–Crippen MR) is 170 cm³/mol. The van der Waals surface area contributed by atoms with Gasteiger partial charge in [-0.2, -0.15) is 8.61 Å². The van der Waals surface area contributed by atoms with Gasteiger partial charge in [-0.1, -0.05) is 44.2 Å². The molecule has 44 heavy (non-hydrogen) atoms. The number of anilines is 1. The van der Waals surface area contributed by atoms with Crippen molar-refractivity contribution in [3.05, 3.63) is 41.3 Å². The van der Waals surface area contributed by atoms with Crippen LogP contribution in [0.1, 0.15) is 70.6 Å². The van der Waals surface area contributed by atoms with Gasteiger partial charge in [0.25, 0.3) is 0 Å². The van der Waals surface area contributed by atoms with Crippen molar-refractivity contribution in [3.8, 4) is 0 Å². The van der Waals surface area contributed by atoms with E-state index in [-0.39, 0.29) is 38.0 Å². The van der Waals surface area contributed by atoms with Crippen molar-refractivity contribution in [2.45, 2.75) is 86.5 Å². The smallest absolute Gasteiger partial charge is 0.243 e.